The van der Waals surface area contributed by atoms with E-state index in [1.165, 1.54) is 6.26 Å². The first-order valence-corrected chi connectivity index (χ1v) is 8.01. The molecule has 3 rings (SSSR count). The zero-order valence-electron chi connectivity index (χ0n) is 13.3. The van der Waals surface area contributed by atoms with Gasteiger partial charge in [0.05, 0.1) is 19.2 Å². The Morgan fingerprint density at radius 3 is 2.71 bits per heavy atom. The summed E-state index contributed by atoms with van der Waals surface area (Å²) in [6.07, 6.45) is 2.34. The number of nitrogens with one attached hydrogen (secondary N) is 1. The van der Waals surface area contributed by atoms with Crippen molar-refractivity contribution in [2.24, 2.45) is 0 Å². The van der Waals surface area contributed by atoms with E-state index in [1.54, 1.807) is 17.0 Å². The van der Waals surface area contributed by atoms with Crippen molar-refractivity contribution in [1.82, 2.24) is 5.32 Å². The van der Waals surface area contributed by atoms with E-state index in [0.717, 1.165) is 24.2 Å². The normalized spacial score (nSPS) is 15.5. The van der Waals surface area contributed by atoms with Crippen LogP contribution in [0.3, 0.4) is 0 Å². The third-order valence-corrected chi connectivity index (χ3v) is 4.05. The van der Waals surface area contributed by atoms with Crippen LogP contribution in [-0.4, -0.2) is 30.0 Å². The molecule has 6 nitrogen and oxygen atoms in total. The summed E-state index contributed by atoms with van der Waals surface area (Å²) in [5, 5.41) is 12.5. The molecule has 126 valence electrons. The second-order valence-corrected chi connectivity index (χ2v) is 5.83. The fourth-order valence-electron chi connectivity index (χ4n) is 2.75. The zero-order chi connectivity index (χ0) is 16.9. The van der Waals surface area contributed by atoms with Gasteiger partial charge >= 0.3 is 0 Å². The Hall–Kier alpha value is -2.60. The highest BCUT2D eigenvalue weighted by molar-refractivity contribution is 5.95. The van der Waals surface area contributed by atoms with Crippen molar-refractivity contribution in [2.75, 3.05) is 18.0 Å². The van der Waals surface area contributed by atoms with E-state index in [1.807, 2.05) is 24.3 Å². The Balaban J connectivity index is 1.50. The lowest BCUT2D eigenvalue weighted by Crippen LogP contribution is -2.29. The number of carbonyl (C=O) groups excluding carboxylic acids is 2. The summed E-state index contributed by atoms with van der Waals surface area (Å²) < 4.78 is 5.08. The third-order valence-electron chi connectivity index (χ3n) is 4.05. The van der Waals surface area contributed by atoms with Crippen LogP contribution in [0.15, 0.2) is 47.1 Å². The van der Waals surface area contributed by atoms with Crippen molar-refractivity contribution in [3.63, 3.8) is 0 Å². The molecule has 0 radical (unpaired) electrons. The molecular weight excluding hydrogens is 308 g/mol. The van der Waals surface area contributed by atoms with Crippen LogP contribution in [0.4, 0.5) is 5.69 Å². The van der Waals surface area contributed by atoms with E-state index < -0.39 is 6.10 Å². The first kappa shape index (κ1) is 16.3. The highest BCUT2D eigenvalue weighted by Crippen LogP contribution is 2.21. The van der Waals surface area contributed by atoms with E-state index in [4.69, 9.17) is 4.42 Å². The number of hydrogen-bond donors (Lipinski definition) is 2. The van der Waals surface area contributed by atoms with Gasteiger partial charge in [-0.1, -0.05) is 12.1 Å². The summed E-state index contributed by atoms with van der Waals surface area (Å²) in [6, 6.07) is 10.8. The average molecular weight is 328 g/mol. The van der Waals surface area contributed by atoms with Gasteiger partial charge in [-0.2, -0.15) is 0 Å². The van der Waals surface area contributed by atoms with Gasteiger partial charge < -0.3 is 19.7 Å². The van der Waals surface area contributed by atoms with Crippen molar-refractivity contribution < 1.29 is 19.1 Å². The number of aliphatic hydroxyl groups is 1. The summed E-state index contributed by atoms with van der Waals surface area (Å²) in [5.41, 5.74) is 1.73. The second-order valence-electron chi connectivity index (χ2n) is 5.83. The maximum Gasteiger partial charge on any atom is 0.227 e. The molecule has 0 bridgehead atoms. The van der Waals surface area contributed by atoms with Gasteiger partial charge in [0.1, 0.15) is 11.9 Å². The number of furan rings is 1. The molecule has 1 fully saturated rings. The van der Waals surface area contributed by atoms with E-state index >= 15 is 0 Å². The van der Waals surface area contributed by atoms with Crippen LogP contribution in [0.2, 0.25) is 0 Å². The maximum absolute atomic E-state index is 12.0. The summed E-state index contributed by atoms with van der Waals surface area (Å²) in [7, 11) is 0. The van der Waals surface area contributed by atoms with Crippen LogP contribution >= 0.6 is 0 Å². The maximum atomic E-state index is 12.0. The minimum Gasteiger partial charge on any atom is -0.467 e. The lowest BCUT2D eigenvalue weighted by atomic mass is 10.1. The van der Waals surface area contributed by atoms with Crippen molar-refractivity contribution in [1.29, 1.82) is 0 Å². The standard InChI is InChI=1S/C18H20N2O4/c21-15(16-3-2-10-24-16)12-19-17(22)11-13-5-7-14(8-6-13)20-9-1-4-18(20)23/h2-3,5-8,10,15,21H,1,4,9,11-12H2,(H,19,22). The van der Waals surface area contributed by atoms with Crippen molar-refractivity contribution >= 4 is 17.5 Å². The molecule has 1 aliphatic heterocycles. The van der Waals surface area contributed by atoms with Crippen LogP contribution in [0.5, 0.6) is 0 Å². The molecule has 2 heterocycles. The monoisotopic (exact) mass is 328 g/mol. The highest BCUT2D eigenvalue weighted by atomic mass is 16.4. The minimum atomic E-state index is -0.854. The van der Waals surface area contributed by atoms with E-state index in [2.05, 4.69) is 5.32 Å². The molecular formula is C18H20N2O4. The Kier molecular flexibility index (Phi) is 4.96. The number of nitrogens with zero attached hydrogens (tertiary/aromatic N) is 1. The van der Waals surface area contributed by atoms with Crippen molar-refractivity contribution in [3.8, 4) is 0 Å². The van der Waals surface area contributed by atoms with E-state index in [-0.39, 0.29) is 24.8 Å². The van der Waals surface area contributed by atoms with Gasteiger partial charge in [0.25, 0.3) is 0 Å². The summed E-state index contributed by atoms with van der Waals surface area (Å²) >= 11 is 0. The fraction of sp³-hybridized carbons (Fsp3) is 0.333. The van der Waals surface area contributed by atoms with Crippen molar-refractivity contribution in [2.45, 2.75) is 25.4 Å². The molecule has 24 heavy (non-hydrogen) atoms. The SMILES string of the molecule is O=C(Cc1ccc(N2CCCC2=O)cc1)NCC(O)c1ccco1. The van der Waals surface area contributed by atoms with E-state index in [0.29, 0.717) is 12.2 Å². The number of hydrogen-bond acceptors (Lipinski definition) is 4. The van der Waals surface area contributed by atoms with Crippen LogP contribution in [0.25, 0.3) is 0 Å². The average Bonchev–Trinajstić information content (AvgIpc) is 3.25. The van der Waals surface area contributed by atoms with Crippen LogP contribution < -0.4 is 10.2 Å². The molecule has 1 saturated heterocycles. The minimum absolute atomic E-state index is 0.104. The smallest absolute Gasteiger partial charge is 0.227 e. The second kappa shape index (κ2) is 7.31. The molecule has 0 saturated carbocycles. The zero-order valence-corrected chi connectivity index (χ0v) is 13.3. The Bertz CT molecular complexity index is 694. The van der Waals surface area contributed by atoms with Gasteiger partial charge in [0, 0.05) is 18.7 Å². The first-order valence-electron chi connectivity index (χ1n) is 8.01. The molecule has 2 N–H and O–H groups in total. The van der Waals surface area contributed by atoms with Gasteiger partial charge in [-0.3, -0.25) is 9.59 Å². The molecule has 0 spiro atoms. The molecule has 1 atom stereocenters. The Morgan fingerprint density at radius 1 is 1.29 bits per heavy atom. The molecule has 2 amide bonds. The number of benzene rings is 1. The van der Waals surface area contributed by atoms with Gasteiger partial charge in [0.2, 0.25) is 11.8 Å². The van der Waals surface area contributed by atoms with Crippen LogP contribution in [-0.2, 0) is 16.0 Å². The number of rotatable bonds is 6. The lowest BCUT2D eigenvalue weighted by Gasteiger charge is -2.16. The molecule has 6 heteroatoms. The van der Waals surface area contributed by atoms with Gasteiger partial charge in [0.15, 0.2) is 0 Å². The van der Waals surface area contributed by atoms with Gasteiger partial charge in [-0.05, 0) is 36.2 Å². The molecule has 1 aliphatic rings. The molecule has 1 unspecified atom stereocenters. The summed E-state index contributed by atoms with van der Waals surface area (Å²) in [5.74, 6) is 0.396. The number of aliphatic hydroxyl groups excluding tert-OH is 1. The van der Waals surface area contributed by atoms with Crippen LogP contribution in [0, 0.1) is 0 Å². The largest absolute Gasteiger partial charge is 0.467 e. The van der Waals surface area contributed by atoms with Gasteiger partial charge in [-0.25, -0.2) is 0 Å². The topological polar surface area (TPSA) is 82.8 Å². The quantitative estimate of drug-likeness (QED) is 0.847. The van der Waals surface area contributed by atoms with Crippen LogP contribution in [0.1, 0.15) is 30.3 Å². The predicted molar refractivity (Wildman–Crippen MR) is 88.4 cm³/mol. The number of anilines is 1. The third kappa shape index (κ3) is 3.83. The lowest BCUT2D eigenvalue weighted by molar-refractivity contribution is -0.121. The molecule has 1 aromatic heterocycles. The molecule has 1 aromatic carbocycles. The van der Waals surface area contributed by atoms with E-state index in [9.17, 15) is 14.7 Å². The Labute approximate surface area is 140 Å². The number of carbonyl (C=O) groups is 2. The predicted octanol–water partition coefficient (Wildman–Crippen LogP) is 1.80. The highest BCUT2D eigenvalue weighted by Gasteiger charge is 2.21. The number of amides is 2. The Morgan fingerprint density at radius 2 is 2.08 bits per heavy atom. The summed E-state index contributed by atoms with van der Waals surface area (Å²) in [4.78, 5) is 25.4. The first-order chi connectivity index (χ1) is 11.6. The van der Waals surface area contributed by atoms with Crippen molar-refractivity contribution in [3.05, 3.63) is 54.0 Å². The fourth-order valence-corrected chi connectivity index (χ4v) is 2.75. The van der Waals surface area contributed by atoms with Gasteiger partial charge in [-0.15, -0.1) is 0 Å². The summed E-state index contributed by atoms with van der Waals surface area (Å²) in [6.45, 7) is 0.857. The molecule has 2 aromatic rings. The molecule has 0 aliphatic carbocycles.